The summed E-state index contributed by atoms with van der Waals surface area (Å²) in [7, 11) is 0. The molecule has 25 heavy (non-hydrogen) atoms. The second-order valence-corrected chi connectivity index (χ2v) is 6.63. The van der Waals surface area contributed by atoms with Crippen LogP contribution < -0.4 is 20.2 Å². The van der Waals surface area contributed by atoms with Gasteiger partial charge in [-0.05, 0) is 54.2 Å². The van der Waals surface area contributed by atoms with E-state index in [1.807, 2.05) is 66.3 Å². The molecule has 126 valence electrons. The molecule has 1 aromatic carbocycles. The molecule has 0 aliphatic rings. The van der Waals surface area contributed by atoms with Gasteiger partial charge in [0.05, 0.1) is 18.6 Å². The zero-order valence-corrected chi connectivity index (χ0v) is 15.0. The number of nitrogens with one attached hydrogen (secondary N) is 3. The van der Waals surface area contributed by atoms with Gasteiger partial charge in [-0.1, -0.05) is 24.3 Å². The summed E-state index contributed by atoms with van der Waals surface area (Å²) in [6.45, 7) is 1.99. The molecule has 0 bridgehead atoms. The molecule has 2 aromatic heterocycles. The van der Waals surface area contributed by atoms with Crippen molar-refractivity contribution in [1.82, 2.24) is 10.4 Å². The number of hydrogen-bond acceptors (Lipinski definition) is 4. The highest BCUT2D eigenvalue weighted by Crippen LogP contribution is 2.07. The van der Waals surface area contributed by atoms with Crippen molar-refractivity contribution >= 4 is 40.6 Å². The van der Waals surface area contributed by atoms with Gasteiger partial charge in [0.1, 0.15) is 4.88 Å². The van der Waals surface area contributed by atoms with Crippen LogP contribution in [0.5, 0.6) is 0 Å². The number of pyridine rings is 1. The van der Waals surface area contributed by atoms with Crippen molar-refractivity contribution in [3.05, 3.63) is 75.0 Å². The molecule has 0 saturated carbocycles. The van der Waals surface area contributed by atoms with E-state index in [1.54, 1.807) is 6.21 Å². The number of thiocarbonyl (C=S) groups is 1. The van der Waals surface area contributed by atoms with Gasteiger partial charge in [-0.15, -0.1) is 0 Å². The smallest absolute Gasteiger partial charge is 0.331 e. The number of para-hydroxylation sites is 1. The van der Waals surface area contributed by atoms with Crippen molar-refractivity contribution in [2.75, 3.05) is 5.32 Å². The number of hydrazone groups is 1. The largest absolute Gasteiger partial charge is 0.390 e. The van der Waals surface area contributed by atoms with Gasteiger partial charge in [0.25, 0.3) is 0 Å². The monoisotopic (exact) mass is 370 g/mol. The number of anilines is 1. The molecule has 3 N–H and O–H groups in total. The van der Waals surface area contributed by atoms with E-state index < -0.39 is 0 Å². The first-order valence-electron chi connectivity index (χ1n) is 7.48. The predicted octanol–water partition coefficient (Wildman–Crippen LogP) is 2.34. The summed E-state index contributed by atoms with van der Waals surface area (Å²) in [6, 6.07) is 13.5. The Labute approximate surface area is 153 Å². The van der Waals surface area contributed by atoms with Gasteiger partial charge in [-0.2, -0.15) is 10.1 Å². The Bertz CT molecular complexity index is 962. The molecule has 6 nitrogen and oxygen atoms in total. The van der Waals surface area contributed by atoms with E-state index in [1.165, 1.54) is 0 Å². The van der Waals surface area contributed by atoms with E-state index in [-0.39, 0.29) is 4.87 Å². The number of aromatic nitrogens is 2. The van der Waals surface area contributed by atoms with Crippen LogP contribution in [-0.4, -0.2) is 16.3 Å². The average molecular weight is 370 g/mol. The summed E-state index contributed by atoms with van der Waals surface area (Å²) in [6.07, 6.45) is 5.38. The number of H-pyrrole nitrogens is 1. The zero-order valence-electron chi connectivity index (χ0n) is 13.4. The quantitative estimate of drug-likeness (QED) is 0.285. The predicted molar refractivity (Wildman–Crippen MR) is 105 cm³/mol. The number of hydrogen-bond donors (Lipinski definition) is 3. The maximum Gasteiger partial charge on any atom is 0.390 e. The minimum Gasteiger partial charge on any atom is -0.331 e. The Morgan fingerprint density at radius 2 is 2.08 bits per heavy atom. The van der Waals surface area contributed by atoms with Gasteiger partial charge < -0.3 is 5.32 Å². The molecular weight excluding hydrogens is 354 g/mol. The lowest BCUT2D eigenvalue weighted by Crippen LogP contribution is -2.32. The van der Waals surface area contributed by atoms with Crippen LogP contribution in [-0.2, 0) is 0 Å². The SMILES string of the molecule is Cc1ccc[n+](-c2[nH]c(=O)sc2/C=N/NC(=S)Nc2ccccc2)c1. The molecular formula is C17H16N5OS2+. The molecule has 8 heteroatoms. The van der Waals surface area contributed by atoms with Crippen LogP contribution in [0.2, 0.25) is 0 Å². The Kier molecular flexibility index (Phi) is 5.32. The number of nitrogens with zero attached hydrogens (tertiary/aromatic N) is 2. The third-order valence-corrected chi connectivity index (χ3v) is 4.24. The third-order valence-electron chi connectivity index (χ3n) is 3.24. The van der Waals surface area contributed by atoms with Gasteiger partial charge in [0.15, 0.2) is 5.11 Å². The van der Waals surface area contributed by atoms with Gasteiger partial charge in [0, 0.05) is 5.69 Å². The van der Waals surface area contributed by atoms with E-state index in [0.717, 1.165) is 22.6 Å². The van der Waals surface area contributed by atoms with Crippen molar-refractivity contribution in [2.24, 2.45) is 5.10 Å². The van der Waals surface area contributed by atoms with Crippen molar-refractivity contribution in [3.63, 3.8) is 0 Å². The Morgan fingerprint density at radius 1 is 1.28 bits per heavy atom. The van der Waals surface area contributed by atoms with Crippen molar-refractivity contribution in [2.45, 2.75) is 6.92 Å². The van der Waals surface area contributed by atoms with E-state index >= 15 is 0 Å². The van der Waals surface area contributed by atoms with Crippen LogP contribution in [0.4, 0.5) is 5.69 Å². The lowest BCUT2D eigenvalue weighted by molar-refractivity contribution is -0.599. The Hall–Kier alpha value is -2.84. The summed E-state index contributed by atoms with van der Waals surface area (Å²) in [5.41, 5.74) is 4.71. The Balaban J connectivity index is 1.72. The molecule has 0 amide bonds. The van der Waals surface area contributed by atoms with Crippen LogP contribution in [0.1, 0.15) is 10.4 Å². The highest BCUT2D eigenvalue weighted by atomic mass is 32.1. The third kappa shape index (κ3) is 4.59. The molecule has 0 fully saturated rings. The molecule has 3 rings (SSSR count). The van der Waals surface area contributed by atoms with E-state index in [2.05, 4.69) is 20.8 Å². The van der Waals surface area contributed by atoms with Gasteiger partial charge in [0.2, 0.25) is 0 Å². The first-order valence-corrected chi connectivity index (χ1v) is 8.71. The highest BCUT2D eigenvalue weighted by Gasteiger charge is 2.16. The fraction of sp³-hybridized carbons (Fsp3) is 0.0588. The first-order chi connectivity index (χ1) is 12.1. The molecule has 2 heterocycles. The molecule has 3 aromatic rings. The lowest BCUT2D eigenvalue weighted by Gasteiger charge is -2.05. The topological polar surface area (TPSA) is 73.2 Å². The summed E-state index contributed by atoms with van der Waals surface area (Å²) >= 11 is 6.28. The summed E-state index contributed by atoms with van der Waals surface area (Å²) in [5.74, 6) is 0.672. The number of aryl methyl sites for hydroxylation is 1. The van der Waals surface area contributed by atoms with E-state index in [0.29, 0.717) is 15.8 Å². The lowest BCUT2D eigenvalue weighted by atomic mass is 10.3. The maximum absolute atomic E-state index is 11.7. The summed E-state index contributed by atoms with van der Waals surface area (Å²) in [5, 5.41) is 7.51. The minimum atomic E-state index is -0.143. The van der Waals surface area contributed by atoms with E-state index in [9.17, 15) is 4.79 Å². The van der Waals surface area contributed by atoms with Crippen molar-refractivity contribution < 1.29 is 4.57 Å². The Morgan fingerprint density at radius 3 is 2.84 bits per heavy atom. The fourth-order valence-corrected chi connectivity index (χ4v) is 3.05. The van der Waals surface area contributed by atoms with Crippen LogP contribution >= 0.6 is 23.6 Å². The van der Waals surface area contributed by atoms with Crippen LogP contribution in [0.15, 0.2) is 64.8 Å². The second-order valence-electron chi connectivity index (χ2n) is 5.21. The minimum absolute atomic E-state index is 0.143. The maximum atomic E-state index is 11.7. The summed E-state index contributed by atoms with van der Waals surface area (Å²) < 4.78 is 1.86. The average Bonchev–Trinajstić information content (AvgIpc) is 2.96. The molecule has 0 unspecified atom stereocenters. The molecule has 0 saturated heterocycles. The summed E-state index contributed by atoms with van der Waals surface area (Å²) in [4.78, 5) is 15.1. The number of aromatic amines is 1. The van der Waals surface area contributed by atoms with Gasteiger partial charge in [-0.25, -0.2) is 9.36 Å². The van der Waals surface area contributed by atoms with Crippen molar-refractivity contribution in [1.29, 1.82) is 0 Å². The van der Waals surface area contributed by atoms with Crippen LogP contribution in [0.25, 0.3) is 5.82 Å². The molecule has 0 aliphatic carbocycles. The fourth-order valence-electron chi connectivity index (χ4n) is 2.17. The standard InChI is InChI=1S/C17H15N5OS2/c1-12-6-5-9-22(11-12)15-14(25-17(23)20-15)10-18-21-16(24)19-13-7-3-2-4-8-13/h2-11H,1H3,(H2-,18,19,20,21,23,24)/p+1. The molecule has 0 aliphatic heterocycles. The number of thiazole rings is 1. The van der Waals surface area contributed by atoms with Crippen LogP contribution in [0, 0.1) is 6.92 Å². The number of benzene rings is 1. The van der Waals surface area contributed by atoms with Crippen LogP contribution in [0.3, 0.4) is 0 Å². The number of rotatable bonds is 4. The molecule has 0 atom stereocenters. The van der Waals surface area contributed by atoms with Gasteiger partial charge >= 0.3 is 10.7 Å². The highest BCUT2D eigenvalue weighted by molar-refractivity contribution is 7.80. The normalized spacial score (nSPS) is 10.8. The second kappa shape index (κ2) is 7.82. The first kappa shape index (κ1) is 17.0. The molecule has 0 radical (unpaired) electrons. The molecule has 0 spiro atoms. The van der Waals surface area contributed by atoms with Crippen molar-refractivity contribution in [3.8, 4) is 5.82 Å². The van der Waals surface area contributed by atoms with Gasteiger partial charge in [-0.3, -0.25) is 5.43 Å². The zero-order chi connectivity index (χ0) is 17.6. The van der Waals surface area contributed by atoms with E-state index in [4.69, 9.17) is 12.2 Å².